The topological polar surface area (TPSA) is 71.1 Å². The van der Waals surface area contributed by atoms with E-state index in [2.05, 4.69) is 15.9 Å². The Kier molecular flexibility index (Phi) is 7.88. The minimum absolute atomic E-state index is 0.156. The Balaban J connectivity index is 1.48. The standard InChI is InChI=1S/C26H23BrO6/c27-24-23(33-26(29)20-14-8-3-9-15-20)22(32-25(28)19-12-6-2-7-13-19)21(31-24)17-30-16-18-10-4-1-5-11-18/h1-15,21-24H,16-17H2/t21-,22-,23-,24+/m1/s1. The number of carbonyl (C=O) groups excluding carboxylic acids is 2. The van der Waals surface area contributed by atoms with Crippen LogP contribution in [0.25, 0.3) is 0 Å². The summed E-state index contributed by atoms with van der Waals surface area (Å²) in [6.07, 6.45) is -2.33. The smallest absolute Gasteiger partial charge is 0.338 e. The molecule has 6 nitrogen and oxygen atoms in total. The number of alkyl halides is 1. The summed E-state index contributed by atoms with van der Waals surface area (Å²) in [5, 5.41) is -0.663. The monoisotopic (exact) mass is 510 g/mol. The van der Waals surface area contributed by atoms with Crippen molar-refractivity contribution in [3.8, 4) is 0 Å². The normalized spacial score (nSPS) is 22.0. The first-order valence-corrected chi connectivity index (χ1v) is 11.5. The molecule has 33 heavy (non-hydrogen) atoms. The van der Waals surface area contributed by atoms with E-state index >= 15 is 0 Å². The number of hydrogen-bond acceptors (Lipinski definition) is 6. The lowest BCUT2D eigenvalue weighted by Crippen LogP contribution is -2.41. The van der Waals surface area contributed by atoms with Crippen LogP contribution in [0, 0.1) is 0 Å². The molecule has 3 aromatic rings. The van der Waals surface area contributed by atoms with Crippen molar-refractivity contribution >= 4 is 27.9 Å². The second-order valence-corrected chi connectivity index (χ2v) is 8.40. The predicted molar refractivity (Wildman–Crippen MR) is 125 cm³/mol. The van der Waals surface area contributed by atoms with Crippen molar-refractivity contribution in [2.45, 2.75) is 29.9 Å². The van der Waals surface area contributed by atoms with Crippen LogP contribution in [0.1, 0.15) is 26.3 Å². The van der Waals surface area contributed by atoms with Gasteiger partial charge in [-0.15, -0.1) is 0 Å². The van der Waals surface area contributed by atoms with Crippen LogP contribution in [-0.2, 0) is 25.6 Å². The predicted octanol–water partition coefficient (Wildman–Crippen LogP) is 4.77. The van der Waals surface area contributed by atoms with Crippen LogP contribution in [0.2, 0.25) is 0 Å². The fraction of sp³-hybridized carbons (Fsp3) is 0.231. The van der Waals surface area contributed by atoms with Crippen LogP contribution in [0.5, 0.6) is 0 Å². The summed E-state index contributed by atoms with van der Waals surface area (Å²) in [4.78, 5) is 25.5. The molecule has 1 heterocycles. The molecule has 1 aliphatic rings. The molecule has 0 radical (unpaired) electrons. The second kappa shape index (κ2) is 11.2. The summed E-state index contributed by atoms with van der Waals surface area (Å²) in [6, 6.07) is 27.0. The molecular formula is C26H23BrO6. The van der Waals surface area contributed by atoms with Gasteiger partial charge in [0.15, 0.2) is 17.2 Å². The maximum Gasteiger partial charge on any atom is 0.338 e. The third-order valence-corrected chi connectivity index (χ3v) is 5.89. The largest absolute Gasteiger partial charge is 0.452 e. The molecule has 0 aliphatic carbocycles. The quantitative estimate of drug-likeness (QED) is 0.321. The van der Waals surface area contributed by atoms with Gasteiger partial charge in [0.1, 0.15) is 6.10 Å². The van der Waals surface area contributed by atoms with Crippen LogP contribution in [0.15, 0.2) is 91.0 Å². The summed E-state index contributed by atoms with van der Waals surface area (Å²) in [5.41, 5.74) is 1.80. The van der Waals surface area contributed by atoms with Crippen LogP contribution in [-0.4, -0.2) is 41.9 Å². The highest BCUT2D eigenvalue weighted by Gasteiger charge is 2.49. The Morgan fingerprint density at radius 2 is 1.21 bits per heavy atom. The minimum Gasteiger partial charge on any atom is -0.452 e. The molecule has 0 saturated carbocycles. The number of benzene rings is 3. The van der Waals surface area contributed by atoms with Gasteiger partial charge in [0.25, 0.3) is 0 Å². The van der Waals surface area contributed by atoms with E-state index < -0.39 is 35.3 Å². The summed E-state index contributed by atoms with van der Waals surface area (Å²) in [6.45, 7) is 0.532. The molecule has 0 spiro atoms. The van der Waals surface area contributed by atoms with Crippen molar-refractivity contribution in [1.82, 2.24) is 0 Å². The third-order valence-electron chi connectivity index (χ3n) is 5.15. The maximum absolute atomic E-state index is 12.8. The van der Waals surface area contributed by atoms with Gasteiger partial charge in [-0.2, -0.15) is 0 Å². The molecule has 0 amide bonds. The highest BCUT2D eigenvalue weighted by atomic mass is 79.9. The minimum atomic E-state index is -0.856. The molecule has 3 aromatic carbocycles. The highest BCUT2D eigenvalue weighted by Crippen LogP contribution is 2.32. The Morgan fingerprint density at radius 1 is 0.727 bits per heavy atom. The Morgan fingerprint density at radius 3 is 1.76 bits per heavy atom. The highest BCUT2D eigenvalue weighted by molar-refractivity contribution is 9.09. The summed E-state index contributed by atoms with van der Waals surface area (Å²) in [5.74, 6) is -1.06. The van der Waals surface area contributed by atoms with Gasteiger partial charge >= 0.3 is 11.9 Å². The zero-order chi connectivity index (χ0) is 23.0. The van der Waals surface area contributed by atoms with E-state index in [0.717, 1.165) is 5.56 Å². The zero-order valence-electron chi connectivity index (χ0n) is 17.7. The van der Waals surface area contributed by atoms with Crippen molar-refractivity contribution in [3.63, 3.8) is 0 Å². The Bertz CT molecular complexity index is 1040. The van der Waals surface area contributed by atoms with E-state index in [1.54, 1.807) is 48.5 Å². The van der Waals surface area contributed by atoms with E-state index in [0.29, 0.717) is 17.7 Å². The first-order valence-electron chi connectivity index (χ1n) is 10.5. The number of esters is 2. The maximum atomic E-state index is 12.8. The zero-order valence-corrected chi connectivity index (χ0v) is 19.3. The average molecular weight is 511 g/mol. The van der Waals surface area contributed by atoms with Crippen molar-refractivity contribution < 1.29 is 28.5 Å². The van der Waals surface area contributed by atoms with Gasteiger partial charge in [-0.05, 0) is 29.8 Å². The molecule has 0 unspecified atom stereocenters. The lowest BCUT2D eigenvalue weighted by atomic mass is 10.1. The van der Waals surface area contributed by atoms with Crippen LogP contribution in [0.4, 0.5) is 0 Å². The molecule has 1 aliphatic heterocycles. The molecule has 170 valence electrons. The van der Waals surface area contributed by atoms with Gasteiger partial charge in [-0.1, -0.05) is 82.7 Å². The molecule has 0 N–H and O–H groups in total. The molecule has 0 aromatic heterocycles. The first kappa shape index (κ1) is 23.2. The molecule has 1 saturated heterocycles. The van der Waals surface area contributed by atoms with Gasteiger partial charge in [-0.25, -0.2) is 9.59 Å². The number of carbonyl (C=O) groups is 2. The SMILES string of the molecule is O=C(O[C@@H]1[C@H](OC(=O)c2ccccc2)[C@@H](COCc2ccccc2)O[C@@H]1Br)c1ccccc1. The van der Waals surface area contributed by atoms with Crippen LogP contribution < -0.4 is 0 Å². The molecule has 1 fully saturated rings. The molecular weight excluding hydrogens is 488 g/mol. The fourth-order valence-electron chi connectivity index (χ4n) is 3.48. The van der Waals surface area contributed by atoms with Gasteiger partial charge in [0.05, 0.1) is 24.3 Å². The molecule has 0 bridgehead atoms. The van der Waals surface area contributed by atoms with E-state index in [9.17, 15) is 9.59 Å². The Labute approximate surface area is 200 Å². The summed E-state index contributed by atoms with van der Waals surface area (Å²) in [7, 11) is 0. The number of halogens is 1. The van der Waals surface area contributed by atoms with Gasteiger partial charge in [0, 0.05) is 0 Å². The van der Waals surface area contributed by atoms with E-state index in [4.69, 9.17) is 18.9 Å². The van der Waals surface area contributed by atoms with Crippen LogP contribution >= 0.6 is 15.9 Å². The third kappa shape index (κ3) is 6.07. The number of ether oxygens (including phenoxy) is 4. The fourth-order valence-corrected chi connectivity index (χ4v) is 4.17. The van der Waals surface area contributed by atoms with Crippen molar-refractivity contribution in [2.75, 3.05) is 6.61 Å². The summed E-state index contributed by atoms with van der Waals surface area (Å²) >= 11 is 3.42. The van der Waals surface area contributed by atoms with Gasteiger partial charge in [-0.3, -0.25) is 0 Å². The van der Waals surface area contributed by atoms with Gasteiger partial charge in [0.2, 0.25) is 0 Å². The van der Waals surface area contributed by atoms with Crippen molar-refractivity contribution in [3.05, 3.63) is 108 Å². The first-order chi connectivity index (χ1) is 16.1. The lowest BCUT2D eigenvalue weighted by Gasteiger charge is -2.23. The number of hydrogen-bond donors (Lipinski definition) is 0. The average Bonchev–Trinajstić information content (AvgIpc) is 3.14. The lowest BCUT2D eigenvalue weighted by molar-refractivity contribution is -0.0529. The van der Waals surface area contributed by atoms with Crippen molar-refractivity contribution in [1.29, 1.82) is 0 Å². The van der Waals surface area contributed by atoms with E-state index in [1.165, 1.54) is 0 Å². The summed E-state index contributed by atoms with van der Waals surface area (Å²) < 4.78 is 23.3. The van der Waals surface area contributed by atoms with E-state index in [1.807, 2.05) is 42.5 Å². The number of rotatable bonds is 8. The molecule has 4 atom stereocenters. The molecule has 4 rings (SSSR count). The Hall–Kier alpha value is -3.00. The van der Waals surface area contributed by atoms with Gasteiger partial charge < -0.3 is 18.9 Å². The van der Waals surface area contributed by atoms with E-state index in [-0.39, 0.29) is 6.61 Å². The van der Waals surface area contributed by atoms with Crippen molar-refractivity contribution in [2.24, 2.45) is 0 Å². The second-order valence-electron chi connectivity index (χ2n) is 7.50. The molecule has 7 heteroatoms. The van der Waals surface area contributed by atoms with Crippen LogP contribution in [0.3, 0.4) is 0 Å².